The van der Waals surface area contributed by atoms with Crippen LogP contribution in [0.3, 0.4) is 0 Å². The Hall–Kier alpha value is -1.95. The summed E-state index contributed by atoms with van der Waals surface area (Å²) in [5.74, 6) is -0.829. The van der Waals surface area contributed by atoms with E-state index in [2.05, 4.69) is 10.1 Å². The molecule has 0 bridgehead atoms. The maximum atomic E-state index is 13.9. The second kappa shape index (κ2) is 5.11. The quantitative estimate of drug-likeness (QED) is 0.695. The first kappa shape index (κ1) is 14.0. The highest BCUT2D eigenvalue weighted by Gasteiger charge is 2.19. The fourth-order valence-corrected chi connectivity index (χ4v) is 2.52. The first-order valence-electron chi connectivity index (χ1n) is 6.43. The number of aryl methyl sites for hydroxylation is 1. The van der Waals surface area contributed by atoms with Crippen molar-refractivity contribution in [1.29, 1.82) is 0 Å². The molecule has 2 heterocycles. The molecular formula is C14H13ClF2N4. The van der Waals surface area contributed by atoms with Gasteiger partial charge in [0.1, 0.15) is 17.2 Å². The van der Waals surface area contributed by atoms with E-state index in [0.717, 1.165) is 11.8 Å². The van der Waals surface area contributed by atoms with Gasteiger partial charge < -0.3 is 4.57 Å². The van der Waals surface area contributed by atoms with Crippen molar-refractivity contribution in [2.75, 3.05) is 0 Å². The molecule has 4 nitrogen and oxygen atoms in total. The summed E-state index contributed by atoms with van der Waals surface area (Å²) in [7, 11) is 1.80. The first-order chi connectivity index (χ1) is 9.97. The standard InChI is InChI=1S/C14H13ClF2N4/c1-8(15)14-19-13-11(17)5-9(16)6-12(13)21(14)7-10-3-4-18-20(10)2/h3-6,8H,7H2,1-2H3. The van der Waals surface area contributed by atoms with Crippen molar-refractivity contribution in [3.05, 3.63) is 47.5 Å². The number of alkyl halides is 1. The van der Waals surface area contributed by atoms with E-state index >= 15 is 0 Å². The Kier molecular flexibility index (Phi) is 3.41. The van der Waals surface area contributed by atoms with E-state index in [0.29, 0.717) is 17.9 Å². The lowest BCUT2D eigenvalue weighted by Crippen LogP contribution is -2.09. The normalized spacial score (nSPS) is 13.0. The average Bonchev–Trinajstić information content (AvgIpc) is 2.96. The van der Waals surface area contributed by atoms with Crippen LogP contribution in [0.2, 0.25) is 0 Å². The van der Waals surface area contributed by atoms with Gasteiger partial charge in [0.2, 0.25) is 0 Å². The molecule has 0 fully saturated rings. The minimum absolute atomic E-state index is 0.126. The van der Waals surface area contributed by atoms with Gasteiger partial charge >= 0.3 is 0 Å². The SMILES string of the molecule is CC(Cl)c1nc2c(F)cc(F)cc2n1Cc1ccnn1C. The third-order valence-electron chi connectivity index (χ3n) is 3.40. The molecule has 2 aromatic heterocycles. The Balaban J connectivity index is 2.23. The van der Waals surface area contributed by atoms with Gasteiger partial charge in [-0.05, 0) is 19.1 Å². The fourth-order valence-electron chi connectivity index (χ4n) is 2.36. The fraction of sp³-hybridized carbons (Fsp3) is 0.286. The van der Waals surface area contributed by atoms with Crippen molar-refractivity contribution >= 4 is 22.6 Å². The maximum Gasteiger partial charge on any atom is 0.153 e. The number of nitrogens with zero attached hydrogens (tertiary/aromatic N) is 4. The van der Waals surface area contributed by atoms with Crippen molar-refractivity contribution in [3.63, 3.8) is 0 Å². The zero-order chi connectivity index (χ0) is 15.1. The molecule has 0 aliphatic carbocycles. The molecule has 3 rings (SSSR count). The second-order valence-corrected chi connectivity index (χ2v) is 5.53. The number of hydrogen-bond acceptors (Lipinski definition) is 2. The Bertz CT molecular complexity index is 807. The zero-order valence-electron chi connectivity index (χ0n) is 11.5. The van der Waals surface area contributed by atoms with Crippen molar-refractivity contribution < 1.29 is 8.78 Å². The maximum absolute atomic E-state index is 13.9. The summed E-state index contributed by atoms with van der Waals surface area (Å²) < 4.78 is 30.8. The highest BCUT2D eigenvalue weighted by molar-refractivity contribution is 6.20. The molecule has 110 valence electrons. The van der Waals surface area contributed by atoms with E-state index in [1.807, 2.05) is 6.07 Å². The molecule has 0 amide bonds. The molecule has 21 heavy (non-hydrogen) atoms. The number of halogens is 3. The molecule has 0 aliphatic heterocycles. The lowest BCUT2D eigenvalue weighted by molar-refractivity contribution is 0.589. The van der Waals surface area contributed by atoms with Crippen molar-refractivity contribution in [1.82, 2.24) is 19.3 Å². The number of rotatable bonds is 3. The third kappa shape index (κ3) is 2.40. The Morgan fingerprint density at radius 1 is 1.33 bits per heavy atom. The van der Waals surface area contributed by atoms with Gasteiger partial charge in [-0.2, -0.15) is 5.10 Å². The lowest BCUT2D eigenvalue weighted by atomic mass is 10.3. The van der Waals surface area contributed by atoms with Crippen LogP contribution in [-0.4, -0.2) is 19.3 Å². The number of imidazole rings is 1. The molecule has 1 aromatic carbocycles. The molecule has 1 unspecified atom stereocenters. The van der Waals surface area contributed by atoms with E-state index < -0.39 is 17.0 Å². The van der Waals surface area contributed by atoms with E-state index in [1.54, 1.807) is 29.4 Å². The monoisotopic (exact) mass is 310 g/mol. The minimum atomic E-state index is -0.688. The first-order valence-corrected chi connectivity index (χ1v) is 6.87. The molecule has 0 N–H and O–H groups in total. The molecule has 0 radical (unpaired) electrons. The van der Waals surface area contributed by atoms with Gasteiger partial charge in [-0.25, -0.2) is 13.8 Å². The highest BCUT2D eigenvalue weighted by Crippen LogP contribution is 2.27. The minimum Gasteiger partial charge on any atom is -0.320 e. The molecule has 7 heteroatoms. The van der Waals surface area contributed by atoms with Crippen LogP contribution in [0.1, 0.15) is 23.8 Å². The third-order valence-corrected chi connectivity index (χ3v) is 3.60. The molecule has 0 saturated heterocycles. The van der Waals surface area contributed by atoms with Gasteiger partial charge in [-0.15, -0.1) is 11.6 Å². The Morgan fingerprint density at radius 3 is 2.71 bits per heavy atom. The van der Waals surface area contributed by atoms with Crippen LogP contribution < -0.4 is 0 Å². The highest BCUT2D eigenvalue weighted by atomic mass is 35.5. The number of benzene rings is 1. The van der Waals surface area contributed by atoms with Crippen LogP contribution in [0, 0.1) is 11.6 Å². The summed E-state index contributed by atoms with van der Waals surface area (Å²) in [5, 5.41) is 3.67. The molecule has 0 saturated carbocycles. The van der Waals surface area contributed by atoms with Gasteiger partial charge in [0.15, 0.2) is 5.82 Å². The summed E-state index contributed by atoms with van der Waals surface area (Å²) in [6.45, 7) is 2.14. The molecule has 3 aromatic rings. The van der Waals surface area contributed by atoms with Crippen molar-refractivity contribution in [3.8, 4) is 0 Å². The predicted octanol–water partition coefficient (Wildman–Crippen LogP) is 3.40. The van der Waals surface area contributed by atoms with Crippen LogP contribution in [0.25, 0.3) is 11.0 Å². The van der Waals surface area contributed by atoms with Gasteiger partial charge in [-0.1, -0.05) is 0 Å². The topological polar surface area (TPSA) is 35.6 Å². The molecule has 0 spiro atoms. The molecular weight excluding hydrogens is 298 g/mol. The van der Waals surface area contributed by atoms with E-state index in [-0.39, 0.29) is 5.52 Å². The van der Waals surface area contributed by atoms with Gasteiger partial charge in [0.25, 0.3) is 0 Å². The van der Waals surface area contributed by atoms with Gasteiger partial charge in [0, 0.05) is 19.3 Å². The van der Waals surface area contributed by atoms with Crippen LogP contribution in [0.15, 0.2) is 24.4 Å². The van der Waals surface area contributed by atoms with Gasteiger partial charge in [-0.3, -0.25) is 4.68 Å². The predicted molar refractivity (Wildman–Crippen MR) is 76.2 cm³/mol. The van der Waals surface area contributed by atoms with E-state index in [9.17, 15) is 8.78 Å². The largest absolute Gasteiger partial charge is 0.320 e. The van der Waals surface area contributed by atoms with Crippen molar-refractivity contribution in [2.24, 2.45) is 7.05 Å². The van der Waals surface area contributed by atoms with E-state index in [1.165, 1.54) is 6.07 Å². The molecule has 1 atom stereocenters. The lowest BCUT2D eigenvalue weighted by Gasteiger charge is -2.10. The summed E-state index contributed by atoms with van der Waals surface area (Å²) in [4.78, 5) is 4.22. The van der Waals surface area contributed by atoms with Crippen LogP contribution in [0.5, 0.6) is 0 Å². The number of hydrogen-bond donors (Lipinski definition) is 0. The van der Waals surface area contributed by atoms with Crippen LogP contribution in [0.4, 0.5) is 8.78 Å². The summed E-state index contributed by atoms with van der Waals surface area (Å²) >= 11 is 6.13. The molecule has 0 aliphatic rings. The number of aromatic nitrogens is 4. The van der Waals surface area contributed by atoms with Crippen molar-refractivity contribution in [2.45, 2.75) is 18.8 Å². The smallest absolute Gasteiger partial charge is 0.153 e. The summed E-state index contributed by atoms with van der Waals surface area (Å²) in [6.07, 6.45) is 1.67. The zero-order valence-corrected chi connectivity index (χ0v) is 12.3. The Morgan fingerprint density at radius 2 is 2.10 bits per heavy atom. The summed E-state index contributed by atoms with van der Waals surface area (Å²) in [6, 6.07) is 3.93. The van der Waals surface area contributed by atoms with Crippen LogP contribution in [-0.2, 0) is 13.6 Å². The second-order valence-electron chi connectivity index (χ2n) is 4.87. The average molecular weight is 311 g/mol. The number of fused-ring (bicyclic) bond motifs is 1. The Labute approximate surface area is 125 Å². The summed E-state index contributed by atoms with van der Waals surface area (Å²) in [5.41, 5.74) is 1.40. The van der Waals surface area contributed by atoms with E-state index in [4.69, 9.17) is 11.6 Å². The van der Waals surface area contributed by atoms with Crippen LogP contribution >= 0.6 is 11.6 Å². The van der Waals surface area contributed by atoms with Gasteiger partial charge in [0.05, 0.1) is 23.1 Å².